The number of hydrogen-bond acceptors (Lipinski definition) is 3. The van der Waals surface area contributed by atoms with Crippen LogP contribution in [-0.2, 0) is 9.84 Å². The maximum absolute atomic E-state index is 11.2. The van der Waals surface area contributed by atoms with Crippen LogP contribution in [0.15, 0.2) is 11.6 Å². The molecule has 0 amide bonds. The molecule has 4 heteroatoms. The third kappa shape index (κ3) is 3.91. The minimum absolute atomic E-state index is 0.209. The van der Waals surface area contributed by atoms with Gasteiger partial charge in [0.1, 0.15) is 0 Å². The van der Waals surface area contributed by atoms with E-state index in [0.29, 0.717) is 0 Å². The van der Waals surface area contributed by atoms with Crippen molar-refractivity contribution < 1.29 is 8.42 Å². The van der Waals surface area contributed by atoms with Gasteiger partial charge >= 0.3 is 0 Å². The van der Waals surface area contributed by atoms with E-state index in [1.807, 2.05) is 6.08 Å². The van der Waals surface area contributed by atoms with Crippen molar-refractivity contribution in [3.63, 3.8) is 0 Å². The van der Waals surface area contributed by atoms with Gasteiger partial charge in [0.05, 0.1) is 5.75 Å². The lowest BCUT2D eigenvalue weighted by Crippen LogP contribution is -2.24. The number of rotatable bonds is 3. The van der Waals surface area contributed by atoms with E-state index in [1.165, 1.54) is 5.57 Å². The van der Waals surface area contributed by atoms with Gasteiger partial charge in [-0.2, -0.15) is 0 Å². The summed E-state index contributed by atoms with van der Waals surface area (Å²) in [5, 5.41) is 3.23. The minimum Gasteiger partial charge on any atom is -0.313 e. The van der Waals surface area contributed by atoms with Crippen LogP contribution >= 0.6 is 0 Å². The molecule has 1 saturated heterocycles. The van der Waals surface area contributed by atoms with Gasteiger partial charge in [0.2, 0.25) is 0 Å². The summed E-state index contributed by atoms with van der Waals surface area (Å²) in [6.07, 6.45) is 4.04. The summed E-state index contributed by atoms with van der Waals surface area (Å²) in [4.78, 5) is 0. The molecule has 1 rings (SSSR count). The third-order valence-corrected chi connectivity index (χ3v) is 3.82. The average molecular weight is 203 g/mol. The first kappa shape index (κ1) is 10.7. The largest absolute Gasteiger partial charge is 0.313 e. The Hall–Kier alpha value is -0.350. The Kier molecular flexibility index (Phi) is 3.93. The van der Waals surface area contributed by atoms with Gasteiger partial charge in [0, 0.05) is 12.3 Å². The summed E-state index contributed by atoms with van der Waals surface area (Å²) in [5.41, 5.74) is 1.24. The monoisotopic (exact) mass is 203 g/mol. The lowest BCUT2D eigenvalue weighted by molar-refractivity contribution is 0.597. The van der Waals surface area contributed by atoms with Crippen molar-refractivity contribution in [3.05, 3.63) is 11.6 Å². The van der Waals surface area contributed by atoms with E-state index >= 15 is 0 Å². The molecule has 13 heavy (non-hydrogen) atoms. The first-order valence-electron chi connectivity index (χ1n) is 4.73. The maximum atomic E-state index is 11.2. The highest BCUT2D eigenvalue weighted by Gasteiger charge is 2.08. The van der Waals surface area contributed by atoms with Gasteiger partial charge in [-0.3, -0.25) is 0 Å². The quantitative estimate of drug-likeness (QED) is 0.688. The molecule has 3 nitrogen and oxygen atoms in total. The van der Waals surface area contributed by atoms with E-state index in [9.17, 15) is 8.42 Å². The zero-order valence-electron chi connectivity index (χ0n) is 8.04. The summed E-state index contributed by atoms with van der Waals surface area (Å²) in [6, 6.07) is 0. The van der Waals surface area contributed by atoms with E-state index in [0.717, 1.165) is 25.9 Å². The molecule has 0 bridgehead atoms. The van der Waals surface area contributed by atoms with Crippen molar-refractivity contribution in [2.24, 2.45) is 0 Å². The molecule has 0 aromatic rings. The van der Waals surface area contributed by atoms with Crippen molar-refractivity contribution in [2.75, 3.05) is 24.6 Å². The number of hydrogen-bond donors (Lipinski definition) is 1. The van der Waals surface area contributed by atoms with Gasteiger partial charge in [-0.1, -0.05) is 18.6 Å². The normalized spacial score (nSPS) is 22.1. The Morgan fingerprint density at radius 1 is 1.54 bits per heavy atom. The number of sulfone groups is 1. The van der Waals surface area contributed by atoms with Crippen LogP contribution in [0.3, 0.4) is 0 Å². The van der Waals surface area contributed by atoms with Gasteiger partial charge in [0.15, 0.2) is 9.84 Å². The predicted molar refractivity (Wildman–Crippen MR) is 54.5 cm³/mol. The molecule has 0 spiro atoms. The second-order valence-electron chi connectivity index (χ2n) is 3.34. The van der Waals surface area contributed by atoms with E-state index in [4.69, 9.17) is 0 Å². The summed E-state index contributed by atoms with van der Waals surface area (Å²) in [7, 11) is -2.82. The molecule has 0 aromatic heterocycles. The molecule has 0 aromatic carbocycles. The molecule has 0 radical (unpaired) electrons. The van der Waals surface area contributed by atoms with Gasteiger partial charge in [-0.25, -0.2) is 8.42 Å². The second kappa shape index (κ2) is 4.77. The molecular formula is C9H17NO2S. The maximum Gasteiger partial charge on any atom is 0.153 e. The topological polar surface area (TPSA) is 46.2 Å². The first-order valence-corrected chi connectivity index (χ1v) is 6.55. The predicted octanol–water partition coefficient (Wildman–Crippen LogP) is 0.731. The molecule has 1 aliphatic rings. The fourth-order valence-electron chi connectivity index (χ4n) is 1.31. The van der Waals surface area contributed by atoms with Gasteiger partial charge < -0.3 is 5.32 Å². The van der Waals surface area contributed by atoms with Crippen LogP contribution in [0.5, 0.6) is 0 Å². The van der Waals surface area contributed by atoms with E-state index in [2.05, 4.69) is 5.32 Å². The van der Waals surface area contributed by atoms with E-state index in [-0.39, 0.29) is 11.5 Å². The molecule has 76 valence electrons. The van der Waals surface area contributed by atoms with Crippen molar-refractivity contribution in [3.8, 4) is 0 Å². The van der Waals surface area contributed by atoms with Crippen molar-refractivity contribution >= 4 is 9.84 Å². The van der Waals surface area contributed by atoms with E-state index < -0.39 is 9.84 Å². The Labute approximate surface area is 80.1 Å². The van der Waals surface area contributed by atoms with Gasteiger partial charge in [-0.05, 0) is 19.4 Å². The van der Waals surface area contributed by atoms with Crippen LogP contribution in [0, 0.1) is 0 Å². The van der Waals surface area contributed by atoms with Crippen molar-refractivity contribution in [1.29, 1.82) is 0 Å². The number of piperidine rings is 1. The SMILES string of the molecule is CCS(=O)(=O)C/C=C1/CCCNC1. The van der Waals surface area contributed by atoms with Crippen LogP contribution < -0.4 is 5.32 Å². The minimum atomic E-state index is -2.82. The average Bonchev–Trinajstić information content (AvgIpc) is 2.17. The van der Waals surface area contributed by atoms with Crippen molar-refractivity contribution in [2.45, 2.75) is 19.8 Å². The standard InChI is InChI=1S/C9H17NO2S/c1-2-13(11,12)7-5-9-4-3-6-10-8-9/h5,10H,2-4,6-8H2,1H3/b9-5-. The molecule has 0 aliphatic carbocycles. The van der Waals surface area contributed by atoms with Crippen LogP contribution in [0.4, 0.5) is 0 Å². The van der Waals surface area contributed by atoms with E-state index in [1.54, 1.807) is 6.92 Å². The first-order chi connectivity index (χ1) is 6.14. The molecule has 0 saturated carbocycles. The fraction of sp³-hybridized carbons (Fsp3) is 0.778. The smallest absolute Gasteiger partial charge is 0.153 e. The third-order valence-electron chi connectivity index (χ3n) is 2.27. The van der Waals surface area contributed by atoms with Crippen LogP contribution in [0.25, 0.3) is 0 Å². The molecule has 1 N–H and O–H groups in total. The van der Waals surface area contributed by atoms with Crippen LogP contribution in [0.2, 0.25) is 0 Å². The molecule has 0 unspecified atom stereocenters. The Balaban J connectivity index is 2.47. The molecule has 0 atom stereocenters. The number of nitrogens with one attached hydrogen (secondary N) is 1. The highest BCUT2D eigenvalue weighted by Crippen LogP contribution is 2.08. The summed E-state index contributed by atoms with van der Waals surface area (Å²) >= 11 is 0. The Bertz CT molecular complexity index is 272. The zero-order chi connectivity index (χ0) is 9.73. The van der Waals surface area contributed by atoms with Gasteiger partial charge in [0.25, 0.3) is 0 Å². The molecule has 1 heterocycles. The summed E-state index contributed by atoms with van der Waals surface area (Å²) in [6.45, 7) is 3.60. The highest BCUT2D eigenvalue weighted by molar-refractivity contribution is 7.91. The van der Waals surface area contributed by atoms with Gasteiger partial charge in [-0.15, -0.1) is 0 Å². The molecule has 1 aliphatic heterocycles. The molecule has 1 fully saturated rings. The summed E-state index contributed by atoms with van der Waals surface area (Å²) in [5.74, 6) is 0.449. The lowest BCUT2D eigenvalue weighted by Gasteiger charge is -2.14. The second-order valence-corrected chi connectivity index (χ2v) is 5.74. The Morgan fingerprint density at radius 2 is 2.31 bits per heavy atom. The fourth-order valence-corrected chi connectivity index (χ4v) is 2.04. The summed E-state index contributed by atoms with van der Waals surface area (Å²) < 4.78 is 22.4. The molecular weight excluding hydrogens is 186 g/mol. The highest BCUT2D eigenvalue weighted by atomic mass is 32.2. The Morgan fingerprint density at radius 3 is 2.85 bits per heavy atom. The van der Waals surface area contributed by atoms with Crippen molar-refractivity contribution in [1.82, 2.24) is 5.32 Å². The lowest BCUT2D eigenvalue weighted by atomic mass is 10.1. The van der Waals surface area contributed by atoms with Crippen LogP contribution in [0.1, 0.15) is 19.8 Å². The van der Waals surface area contributed by atoms with Crippen LogP contribution in [-0.4, -0.2) is 33.0 Å². The zero-order valence-corrected chi connectivity index (χ0v) is 8.86.